The molecule has 1 aliphatic rings. The minimum Gasteiger partial charge on any atom is -0.508 e. The Bertz CT molecular complexity index is 660. The molecule has 1 aliphatic carbocycles. The second-order valence-corrected chi connectivity index (χ2v) is 5.94. The lowest BCUT2D eigenvalue weighted by Gasteiger charge is -2.23. The number of aromatic hydroxyl groups is 1. The molecule has 1 saturated carbocycles. The Kier molecular flexibility index (Phi) is 4.51. The van der Waals surface area contributed by atoms with E-state index in [4.69, 9.17) is 4.74 Å². The van der Waals surface area contributed by atoms with E-state index in [9.17, 15) is 9.90 Å². The van der Waals surface area contributed by atoms with Crippen LogP contribution in [0.5, 0.6) is 11.5 Å². The van der Waals surface area contributed by atoms with Crippen molar-refractivity contribution in [2.75, 3.05) is 7.11 Å². The van der Waals surface area contributed by atoms with E-state index in [-0.39, 0.29) is 11.7 Å². The van der Waals surface area contributed by atoms with E-state index in [1.807, 2.05) is 29.2 Å². The van der Waals surface area contributed by atoms with Gasteiger partial charge in [-0.15, -0.1) is 0 Å². The van der Waals surface area contributed by atoms with Crippen LogP contribution in [-0.4, -0.2) is 29.1 Å². The van der Waals surface area contributed by atoms with Crippen molar-refractivity contribution in [3.05, 3.63) is 59.7 Å². The lowest BCUT2D eigenvalue weighted by Crippen LogP contribution is -2.33. The first-order valence-electron chi connectivity index (χ1n) is 7.86. The van der Waals surface area contributed by atoms with Crippen LogP contribution < -0.4 is 4.74 Å². The topological polar surface area (TPSA) is 49.8 Å². The molecule has 1 fully saturated rings. The maximum absolute atomic E-state index is 12.6. The molecular formula is C19H21NO3. The van der Waals surface area contributed by atoms with Gasteiger partial charge in [0, 0.05) is 12.6 Å². The predicted octanol–water partition coefficient (Wildman–Crippen LogP) is 3.13. The number of rotatable bonds is 6. The van der Waals surface area contributed by atoms with E-state index >= 15 is 0 Å². The molecule has 4 heteroatoms. The van der Waals surface area contributed by atoms with Gasteiger partial charge in [0.2, 0.25) is 5.91 Å². The lowest BCUT2D eigenvalue weighted by atomic mass is 10.1. The zero-order valence-corrected chi connectivity index (χ0v) is 13.2. The zero-order valence-electron chi connectivity index (χ0n) is 13.2. The molecule has 0 aromatic heterocycles. The molecule has 0 unspecified atom stereocenters. The second kappa shape index (κ2) is 6.73. The van der Waals surface area contributed by atoms with Crippen LogP contribution >= 0.6 is 0 Å². The number of nitrogens with zero attached hydrogens (tertiary/aromatic N) is 1. The first kappa shape index (κ1) is 15.4. The first-order chi connectivity index (χ1) is 11.2. The second-order valence-electron chi connectivity index (χ2n) is 5.94. The molecule has 0 atom stereocenters. The number of carbonyl (C=O) groups is 1. The van der Waals surface area contributed by atoms with Crippen LogP contribution in [0, 0.1) is 0 Å². The molecule has 3 rings (SSSR count). The number of ether oxygens (including phenoxy) is 1. The summed E-state index contributed by atoms with van der Waals surface area (Å²) in [5.74, 6) is 1.18. The van der Waals surface area contributed by atoms with Gasteiger partial charge >= 0.3 is 0 Å². The monoisotopic (exact) mass is 311 g/mol. The largest absolute Gasteiger partial charge is 0.508 e. The fourth-order valence-corrected chi connectivity index (χ4v) is 2.62. The van der Waals surface area contributed by atoms with Gasteiger partial charge in [-0.2, -0.15) is 0 Å². The summed E-state index contributed by atoms with van der Waals surface area (Å²) in [6, 6.07) is 15.0. The number of benzene rings is 2. The lowest BCUT2D eigenvalue weighted by molar-refractivity contribution is -0.131. The highest BCUT2D eigenvalue weighted by molar-refractivity contribution is 5.79. The first-order valence-corrected chi connectivity index (χ1v) is 7.86. The molecule has 2 aromatic rings. The molecule has 0 radical (unpaired) electrons. The van der Waals surface area contributed by atoms with Crippen LogP contribution in [0.15, 0.2) is 48.5 Å². The van der Waals surface area contributed by atoms with E-state index in [2.05, 4.69) is 0 Å². The van der Waals surface area contributed by atoms with E-state index in [1.165, 1.54) is 0 Å². The van der Waals surface area contributed by atoms with E-state index in [0.717, 1.165) is 29.7 Å². The summed E-state index contributed by atoms with van der Waals surface area (Å²) in [5.41, 5.74) is 2.03. The van der Waals surface area contributed by atoms with Crippen molar-refractivity contribution in [3.8, 4) is 11.5 Å². The summed E-state index contributed by atoms with van der Waals surface area (Å²) in [6.07, 6.45) is 2.53. The number of hydrogen-bond acceptors (Lipinski definition) is 3. The summed E-state index contributed by atoms with van der Waals surface area (Å²) in [7, 11) is 1.65. The smallest absolute Gasteiger partial charge is 0.227 e. The van der Waals surface area contributed by atoms with Gasteiger partial charge in [-0.25, -0.2) is 0 Å². The highest BCUT2D eigenvalue weighted by atomic mass is 16.5. The number of carbonyl (C=O) groups excluding carboxylic acids is 1. The molecule has 23 heavy (non-hydrogen) atoms. The van der Waals surface area contributed by atoms with Crippen LogP contribution in [0.3, 0.4) is 0 Å². The van der Waals surface area contributed by atoms with Crippen LogP contribution in [0.2, 0.25) is 0 Å². The van der Waals surface area contributed by atoms with Crippen molar-refractivity contribution in [1.82, 2.24) is 4.90 Å². The maximum Gasteiger partial charge on any atom is 0.227 e. The highest BCUT2D eigenvalue weighted by Gasteiger charge is 2.32. The highest BCUT2D eigenvalue weighted by Crippen LogP contribution is 2.29. The van der Waals surface area contributed by atoms with E-state index in [1.54, 1.807) is 31.4 Å². The van der Waals surface area contributed by atoms with Gasteiger partial charge in [-0.05, 0) is 48.2 Å². The third-order valence-electron chi connectivity index (χ3n) is 4.11. The number of phenols is 1. The fourth-order valence-electron chi connectivity index (χ4n) is 2.62. The molecule has 1 N–H and O–H groups in total. The standard InChI is InChI=1S/C19H21NO3/c1-23-18-10-4-15(5-11-18)13-20(16-6-7-16)19(22)12-14-2-8-17(21)9-3-14/h2-5,8-11,16,21H,6-7,12-13H2,1H3. The molecule has 4 nitrogen and oxygen atoms in total. The third-order valence-corrected chi connectivity index (χ3v) is 4.11. The van der Waals surface area contributed by atoms with Crippen molar-refractivity contribution < 1.29 is 14.6 Å². The summed E-state index contributed by atoms with van der Waals surface area (Å²) in [4.78, 5) is 14.6. The minimum absolute atomic E-state index is 0.133. The van der Waals surface area contributed by atoms with Crippen LogP contribution in [-0.2, 0) is 17.8 Å². The molecular weight excluding hydrogens is 290 g/mol. The maximum atomic E-state index is 12.6. The van der Waals surface area contributed by atoms with Gasteiger partial charge in [0.1, 0.15) is 11.5 Å². The average molecular weight is 311 g/mol. The van der Waals surface area contributed by atoms with Crippen molar-refractivity contribution in [1.29, 1.82) is 0 Å². The number of amides is 1. The van der Waals surface area contributed by atoms with Crippen LogP contribution in [0.1, 0.15) is 24.0 Å². The van der Waals surface area contributed by atoms with Crippen molar-refractivity contribution in [3.63, 3.8) is 0 Å². The molecule has 0 heterocycles. The fraction of sp³-hybridized carbons (Fsp3) is 0.316. The quantitative estimate of drug-likeness (QED) is 0.891. The third kappa shape index (κ3) is 4.03. The van der Waals surface area contributed by atoms with Crippen LogP contribution in [0.25, 0.3) is 0 Å². The van der Waals surface area contributed by atoms with Gasteiger partial charge in [0.15, 0.2) is 0 Å². The van der Waals surface area contributed by atoms with Gasteiger partial charge in [0.25, 0.3) is 0 Å². The molecule has 120 valence electrons. The van der Waals surface area contributed by atoms with Gasteiger partial charge in [0.05, 0.1) is 13.5 Å². The Balaban J connectivity index is 1.67. The Morgan fingerprint density at radius 2 is 1.70 bits per heavy atom. The summed E-state index contributed by atoms with van der Waals surface area (Å²) >= 11 is 0. The van der Waals surface area contributed by atoms with Gasteiger partial charge < -0.3 is 14.7 Å². The van der Waals surface area contributed by atoms with Gasteiger partial charge in [-0.3, -0.25) is 4.79 Å². The van der Waals surface area contributed by atoms with E-state index in [0.29, 0.717) is 19.0 Å². The summed E-state index contributed by atoms with van der Waals surface area (Å²) < 4.78 is 5.17. The average Bonchev–Trinajstić information content (AvgIpc) is 3.40. The zero-order chi connectivity index (χ0) is 16.2. The molecule has 1 amide bonds. The molecule has 0 bridgehead atoms. The predicted molar refractivity (Wildman–Crippen MR) is 88.4 cm³/mol. The Morgan fingerprint density at radius 3 is 2.26 bits per heavy atom. The SMILES string of the molecule is COc1ccc(CN(C(=O)Cc2ccc(O)cc2)C2CC2)cc1. The number of phenolic OH excluding ortho intramolecular Hbond substituents is 1. The molecule has 0 saturated heterocycles. The Labute approximate surface area is 136 Å². The van der Waals surface area contributed by atoms with Crippen molar-refractivity contribution >= 4 is 5.91 Å². The Hall–Kier alpha value is -2.49. The molecule has 2 aromatic carbocycles. The van der Waals surface area contributed by atoms with E-state index < -0.39 is 0 Å². The minimum atomic E-state index is 0.133. The van der Waals surface area contributed by atoms with Crippen molar-refractivity contribution in [2.45, 2.75) is 31.8 Å². The Morgan fingerprint density at radius 1 is 1.09 bits per heavy atom. The number of hydrogen-bond donors (Lipinski definition) is 1. The normalized spacial score (nSPS) is 13.6. The van der Waals surface area contributed by atoms with Crippen molar-refractivity contribution in [2.24, 2.45) is 0 Å². The summed E-state index contributed by atoms with van der Waals surface area (Å²) in [6.45, 7) is 0.631. The summed E-state index contributed by atoms with van der Waals surface area (Å²) in [5, 5.41) is 9.33. The van der Waals surface area contributed by atoms with Gasteiger partial charge in [-0.1, -0.05) is 24.3 Å². The molecule has 0 aliphatic heterocycles. The van der Waals surface area contributed by atoms with Crippen LogP contribution in [0.4, 0.5) is 0 Å². The number of methoxy groups -OCH3 is 1. The molecule has 0 spiro atoms.